The number of aromatic nitrogens is 5. The fraction of sp³-hybridized carbons (Fsp3) is 0.421. The third-order valence-corrected chi connectivity index (χ3v) is 7.75. The van der Waals surface area contributed by atoms with Gasteiger partial charge in [-0.05, 0) is 31.0 Å². The van der Waals surface area contributed by atoms with Gasteiger partial charge >= 0.3 is 0 Å². The number of nitrogens with zero attached hydrogens (tertiary/aromatic N) is 5. The first-order chi connectivity index (χ1) is 14.5. The molecule has 1 fully saturated rings. The van der Waals surface area contributed by atoms with Gasteiger partial charge in [0, 0.05) is 18.5 Å². The van der Waals surface area contributed by atoms with Crippen LogP contribution in [0.25, 0.3) is 11.4 Å². The summed E-state index contributed by atoms with van der Waals surface area (Å²) in [5, 5.41) is 22.8. The summed E-state index contributed by atoms with van der Waals surface area (Å²) in [5.41, 5.74) is 0.805. The summed E-state index contributed by atoms with van der Waals surface area (Å²) in [6.07, 6.45) is 6.09. The van der Waals surface area contributed by atoms with Crippen molar-refractivity contribution in [3.05, 3.63) is 33.3 Å². The van der Waals surface area contributed by atoms with E-state index in [1.54, 1.807) is 12.1 Å². The van der Waals surface area contributed by atoms with Crippen LogP contribution in [0.1, 0.15) is 43.0 Å². The average molecular weight is 483 g/mol. The molecule has 30 heavy (non-hydrogen) atoms. The summed E-state index contributed by atoms with van der Waals surface area (Å²) in [4.78, 5) is 12.4. The molecule has 0 aliphatic heterocycles. The van der Waals surface area contributed by atoms with Gasteiger partial charge in [0.15, 0.2) is 11.0 Å². The van der Waals surface area contributed by atoms with Crippen LogP contribution in [0.2, 0.25) is 10.0 Å². The van der Waals surface area contributed by atoms with Crippen molar-refractivity contribution in [3.8, 4) is 11.4 Å². The molecule has 1 saturated carbocycles. The molecule has 2 heterocycles. The van der Waals surface area contributed by atoms with Gasteiger partial charge in [-0.15, -0.1) is 20.4 Å². The van der Waals surface area contributed by atoms with Crippen LogP contribution in [-0.4, -0.2) is 36.6 Å². The van der Waals surface area contributed by atoms with Crippen LogP contribution in [0.4, 0.5) is 5.13 Å². The Morgan fingerprint density at radius 2 is 1.97 bits per heavy atom. The van der Waals surface area contributed by atoms with Crippen molar-refractivity contribution in [2.24, 2.45) is 7.05 Å². The molecule has 1 amide bonds. The molecule has 1 aliphatic rings. The smallest absolute Gasteiger partial charge is 0.236 e. The molecule has 158 valence electrons. The zero-order valence-corrected chi connectivity index (χ0v) is 19.4. The second-order valence-corrected chi connectivity index (χ2v) is 9.88. The lowest BCUT2D eigenvalue weighted by atomic mass is 9.90. The largest absolute Gasteiger partial charge is 0.305 e. The average Bonchev–Trinajstić information content (AvgIpc) is 3.36. The zero-order valence-electron chi connectivity index (χ0n) is 16.3. The van der Waals surface area contributed by atoms with Crippen molar-refractivity contribution in [2.45, 2.75) is 43.2 Å². The molecule has 11 heteroatoms. The molecule has 0 radical (unpaired) electrons. The second-order valence-electron chi connectivity index (χ2n) is 7.11. The number of anilines is 1. The quantitative estimate of drug-likeness (QED) is 0.472. The van der Waals surface area contributed by atoms with Gasteiger partial charge in [0.05, 0.1) is 15.8 Å². The van der Waals surface area contributed by atoms with E-state index >= 15 is 0 Å². The fourth-order valence-corrected chi connectivity index (χ4v) is 5.35. The predicted molar refractivity (Wildman–Crippen MR) is 122 cm³/mol. The molecule has 0 spiro atoms. The van der Waals surface area contributed by atoms with Crippen LogP contribution < -0.4 is 5.32 Å². The second kappa shape index (κ2) is 9.64. The maximum absolute atomic E-state index is 12.4. The van der Waals surface area contributed by atoms with Crippen LogP contribution in [-0.2, 0) is 11.8 Å². The van der Waals surface area contributed by atoms with E-state index in [4.69, 9.17) is 23.2 Å². The molecule has 3 aromatic rings. The normalized spacial score (nSPS) is 14.8. The number of halogens is 2. The number of rotatable bonds is 6. The standard InChI is InChI=1S/C19H20Cl2N6OS2/c1-27-16(12-7-8-13(20)14(21)9-12)23-26-19(27)29-10-15(28)22-18-25-24-17(30-18)11-5-3-2-4-6-11/h7-9,11H,2-6,10H2,1H3,(H,22,25,28). The van der Waals surface area contributed by atoms with Crippen LogP contribution >= 0.6 is 46.3 Å². The molecule has 1 aromatic carbocycles. The van der Waals surface area contributed by atoms with E-state index in [-0.39, 0.29) is 11.7 Å². The minimum Gasteiger partial charge on any atom is -0.305 e. The van der Waals surface area contributed by atoms with E-state index in [0.29, 0.717) is 32.1 Å². The molecule has 2 aromatic heterocycles. The van der Waals surface area contributed by atoms with Crippen molar-refractivity contribution in [1.82, 2.24) is 25.0 Å². The lowest BCUT2D eigenvalue weighted by Crippen LogP contribution is -2.14. The number of carbonyl (C=O) groups is 1. The number of hydrogen-bond acceptors (Lipinski definition) is 7. The van der Waals surface area contributed by atoms with E-state index in [9.17, 15) is 4.79 Å². The molecule has 0 saturated heterocycles. The number of carbonyl (C=O) groups excluding carboxylic acids is 1. The number of nitrogens with one attached hydrogen (secondary N) is 1. The summed E-state index contributed by atoms with van der Waals surface area (Å²) >= 11 is 14.9. The van der Waals surface area contributed by atoms with Crippen LogP contribution in [0.5, 0.6) is 0 Å². The Kier molecular flexibility index (Phi) is 6.92. The van der Waals surface area contributed by atoms with Gasteiger partial charge in [-0.2, -0.15) is 0 Å². The SMILES string of the molecule is Cn1c(SCC(=O)Nc2nnc(C3CCCCC3)s2)nnc1-c1ccc(Cl)c(Cl)c1. The Hall–Kier alpha value is -1.68. The molecule has 0 unspecified atom stereocenters. The van der Waals surface area contributed by atoms with Crippen molar-refractivity contribution in [1.29, 1.82) is 0 Å². The highest BCUT2D eigenvalue weighted by Crippen LogP contribution is 2.35. The first-order valence-corrected chi connectivity index (χ1v) is 12.2. The van der Waals surface area contributed by atoms with Crippen LogP contribution in [0.3, 0.4) is 0 Å². The van der Waals surface area contributed by atoms with Crippen LogP contribution in [0.15, 0.2) is 23.4 Å². The first kappa shape index (κ1) is 21.5. The molecule has 7 nitrogen and oxygen atoms in total. The fourth-order valence-electron chi connectivity index (χ4n) is 3.41. The Morgan fingerprint density at radius 3 is 2.73 bits per heavy atom. The number of benzene rings is 1. The third kappa shape index (κ3) is 4.96. The number of thioether (sulfide) groups is 1. The maximum Gasteiger partial charge on any atom is 0.236 e. The van der Waals surface area contributed by atoms with Crippen molar-refractivity contribution >= 4 is 57.3 Å². The lowest BCUT2D eigenvalue weighted by Gasteiger charge is -2.18. The molecule has 1 N–H and O–H groups in total. The highest BCUT2D eigenvalue weighted by Gasteiger charge is 2.20. The van der Waals surface area contributed by atoms with E-state index in [0.717, 1.165) is 23.4 Å². The topological polar surface area (TPSA) is 85.6 Å². The van der Waals surface area contributed by atoms with E-state index in [2.05, 4.69) is 25.7 Å². The molecule has 0 atom stereocenters. The van der Waals surface area contributed by atoms with E-state index in [1.807, 2.05) is 17.7 Å². The van der Waals surface area contributed by atoms with Gasteiger partial charge < -0.3 is 4.57 Å². The first-order valence-electron chi connectivity index (χ1n) is 9.62. The number of hydrogen-bond donors (Lipinski definition) is 1. The highest BCUT2D eigenvalue weighted by atomic mass is 35.5. The summed E-state index contributed by atoms with van der Waals surface area (Å²) in [5.74, 6) is 1.18. The molecular formula is C19H20Cl2N6OS2. The van der Waals surface area contributed by atoms with Gasteiger partial charge in [-0.3, -0.25) is 10.1 Å². The maximum atomic E-state index is 12.4. The molecule has 4 rings (SSSR count). The molecule has 1 aliphatic carbocycles. The monoisotopic (exact) mass is 482 g/mol. The molecular weight excluding hydrogens is 463 g/mol. The third-order valence-electron chi connectivity index (χ3n) is 4.99. The van der Waals surface area contributed by atoms with Crippen molar-refractivity contribution in [2.75, 3.05) is 11.1 Å². The van der Waals surface area contributed by atoms with E-state index < -0.39 is 0 Å². The van der Waals surface area contributed by atoms with E-state index in [1.165, 1.54) is 42.4 Å². The molecule has 0 bridgehead atoms. The van der Waals surface area contributed by atoms with Crippen molar-refractivity contribution < 1.29 is 4.79 Å². The van der Waals surface area contributed by atoms with Gasteiger partial charge in [-0.25, -0.2) is 0 Å². The number of amides is 1. The Balaban J connectivity index is 1.35. The summed E-state index contributed by atoms with van der Waals surface area (Å²) in [6, 6.07) is 5.30. The predicted octanol–water partition coefficient (Wildman–Crippen LogP) is 5.42. The Morgan fingerprint density at radius 1 is 1.17 bits per heavy atom. The van der Waals surface area contributed by atoms with Gasteiger partial charge in [0.1, 0.15) is 5.01 Å². The summed E-state index contributed by atoms with van der Waals surface area (Å²) < 4.78 is 1.82. The Labute approximate surface area is 192 Å². The van der Waals surface area contributed by atoms with Gasteiger partial charge in [0.2, 0.25) is 11.0 Å². The van der Waals surface area contributed by atoms with Gasteiger partial charge in [-0.1, -0.05) is 65.6 Å². The van der Waals surface area contributed by atoms with Crippen LogP contribution in [0, 0.1) is 0 Å². The minimum atomic E-state index is -0.148. The van der Waals surface area contributed by atoms with Gasteiger partial charge in [0.25, 0.3) is 0 Å². The summed E-state index contributed by atoms with van der Waals surface area (Å²) in [7, 11) is 1.85. The minimum absolute atomic E-state index is 0.148. The Bertz CT molecular complexity index is 1050. The highest BCUT2D eigenvalue weighted by molar-refractivity contribution is 7.99. The lowest BCUT2D eigenvalue weighted by molar-refractivity contribution is -0.113. The van der Waals surface area contributed by atoms with Crippen molar-refractivity contribution in [3.63, 3.8) is 0 Å². The zero-order chi connectivity index (χ0) is 21.1. The summed E-state index contributed by atoms with van der Waals surface area (Å²) in [6.45, 7) is 0.